The Morgan fingerprint density at radius 1 is 1.37 bits per heavy atom. The van der Waals surface area contributed by atoms with E-state index in [1.54, 1.807) is 35.6 Å². The maximum Gasteiger partial charge on any atom is 0.251 e. The van der Waals surface area contributed by atoms with Crippen molar-refractivity contribution in [2.45, 2.75) is 19.9 Å². The molecule has 0 radical (unpaired) electrons. The van der Waals surface area contributed by atoms with E-state index in [-0.39, 0.29) is 11.9 Å². The molecular weight excluding hydrogens is 260 g/mol. The minimum atomic E-state index is -0.121. The van der Waals surface area contributed by atoms with Crippen molar-refractivity contribution in [3.63, 3.8) is 0 Å². The molecule has 100 valence electrons. The summed E-state index contributed by atoms with van der Waals surface area (Å²) in [5, 5.41) is 5.80. The highest BCUT2D eigenvalue weighted by molar-refractivity contribution is 7.09. The number of carbonyl (C=O) groups is 1. The highest BCUT2D eigenvalue weighted by atomic mass is 32.1. The van der Waals surface area contributed by atoms with E-state index in [1.807, 2.05) is 19.2 Å². The average molecular weight is 276 g/mol. The third kappa shape index (κ3) is 3.30. The van der Waals surface area contributed by atoms with Crippen LogP contribution in [-0.4, -0.2) is 10.9 Å². The van der Waals surface area contributed by atoms with Gasteiger partial charge in [-0.2, -0.15) is 0 Å². The molecule has 0 aliphatic rings. The van der Waals surface area contributed by atoms with E-state index >= 15 is 0 Å². The number of thiazole rings is 1. The van der Waals surface area contributed by atoms with Crippen molar-refractivity contribution in [3.8, 4) is 0 Å². The van der Waals surface area contributed by atoms with Gasteiger partial charge in [0.2, 0.25) is 0 Å². The van der Waals surface area contributed by atoms with E-state index in [2.05, 4.69) is 15.7 Å². The lowest BCUT2D eigenvalue weighted by Crippen LogP contribution is -2.26. The molecule has 0 fully saturated rings. The second kappa shape index (κ2) is 5.81. The lowest BCUT2D eigenvalue weighted by molar-refractivity contribution is 0.0940. The molecule has 0 bridgehead atoms. The van der Waals surface area contributed by atoms with Crippen molar-refractivity contribution in [3.05, 3.63) is 45.9 Å². The predicted molar refractivity (Wildman–Crippen MR) is 77.0 cm³/mol. The van der Waals surface area contributed by atoms with E-state index in [4.69, 9.17) is 5.84 Å². The van der Waals surface area contributed by atoms with Gasteiger partial charge in [0, 0.05) is 22.3 Å². The number of rotatable bonds is 4. The van der Waals surface area contributed by atoms with Gasteiger partial charge < -0.3 is 10.7 Å². The SMILES string of the molecule is Cc1csc(C(C)NC(=O)c2ccc(NN)cc2)n1. The molecule has 2 rings (SSSR count). The second-order valence-corrected chi connectivity index (χ2v) is 5.13. The van der Waals surface area contributed by atoms with Crippen molar-refractivity contribution in [1.82, 2.24) is 10.3 Å². The Kier molecular flexibility index (Phi) is 4.13. The monoisotopic (exact) mass is 276 g/mol. The molecule has 0 aliphatic heterocycles. The zero-order valence-corrected chi connectivity index (χ0v) is 11.6. The van der Waals surface area contributed by atoms with Gasteiger partial charge in [-0.15, -0.1) is 11.3 Å². The van der Waals surface area contributed by atoms with Crippen molar-refractivity contribution < 1.29 is 4.79 Å². The number of nitrogens with two attached hydrogens (primary N) is 1. The lowest BCUT2D eigenvalue weighted by atomic mass is 10.2. The maximum absolute atomic E-state index is 12.0. The first-order valence-electron chi connectivity index (χ1n) is 5.89. The van der Waals surface area contributed by atoms with E-state index in [0.717, 1.165) is 16.4 Å². The predicted octanol–water partition coefficient (Wildman–Crippen LogP) is 2.23. The Hall–Kier alpha value is -1.92. The first kappa shape index (κ1) is 13.5. The van der Waals surface area contributed by atoms with Gasteiger partial charge in [-0.25, -0.2) is 4.98 Å². The van der Waals surface area contributed by atoms with Crippen LogP contribution in [0.2, 0.25) is 0 Å². The largest absolute Gasteiger partial charge is 0.343 e. The second-order valence-electron chi connectivity index (χ2n) is 4.24. The fourth-order valence-electron chi connectivity index (χ4n) is 1.63. The minimum absolute atomic E-state index is 0.0986. The number of aryl methyl sites for hydroxylation is 1. The smallest absolute Gasteiger partial charge is 0.251 e. The highest BCUT2D eigenvalue weighted by Crippen LogP contribution is 2.18. The molecule has 1 heterocycles. The van der Waals surface area contributed by atoms with Crippen molar-refractivity contribution in [2.24, 2.45) is 5.84 Å². The topological polar surface area (TPSA) is 80.0 Å². The van der Waals surface area contributed by atoms with Gasteiger partial charge in [0.05, 0.1) is 6.04 Å². The quantitative estimate of drug-likeness (QED) is 0.591. The van der Waals surface area contributed by atoms with Gasteiger partial charge in [0.25, 0.3) is 5.91 Å². The summed E-state index contributed by atoms with van der Waals surface area (Å²) in [6.45, 7) is 3.86. The number of amides is 1. The molecule has 19 heavy (non-hydrogen) atoms. The van der Waals surface area contributed by atoms with Crippen LogP contribution in [0.5, 0.6) is 0 Å². The van der Waals surface area contributed by atoms with Crippen LogP contribution in [-0.2, 0) is 0 Å². The fraction of sp³-hybridized carbons (Fsp3) is 0.231. The summed E-state index contributed by atoms with van der Waals surface area (Å²) in [7, 11) is 0. The van der Waals surface area contributed by atoms with Gasteiger partial charge >= 0.3 is 0 Å². The number of benzene rings is 1. The molecule has 0 spiro atoms. The zero-order chi connectivity index (χ0) is 13.8. The highest BCUT2D eigenvalue weighted by Gasteiger charge is 2.13. The molecule has 0 saturated heterocycles. The normalized spacial score (nSPS) is 11.9. The molecule has 1 unspecified atom stereocenters. The number of anilines is 1. The van der Waals surface area contributed by atoms with Crippen LogP contribution in [0.3, 0.4) is 0 Å². The summed E-state index contributed by atoms with van der Waals surface area (Å²) in [5.41, 5.74) is 4.85. The maximum atomic E-state index is 12.0. The Balaban J connectivity index is 2.03. The molecule has 1 aromatic carbocycles. The molecule has 1 atom stereocenters. The zero-order valence-electron chi connectivity index (χ0n) is 10.8. The number of nitrogen functional groups attached to an aromatic ring is 1. The van der Waals surface area contributed by atoms with Crippen LogP contribution >= 0.6 is 11.3 Å². The molecule has 5 nitrogen and oxygen atoms in total. The molecule has 6 heteroatoms. The van der Waals surface area contributed by atoms with Gasteiger partial charge in [-0.3, -0.25) is 10.6 Å². The summed E-state index contributed by atoms with van der Waals surface area (Å²) >= 11 is 1.55. The first-order valence-corrected chi connectivity index (χ1v) is 6.77. The molecule has 4 N–H and O–H groups in total. The van der Waals surface area contributed by atoms with E-state index < -0.39 is 0 Å². The molecule has 1 aromatic heterocycles. The van der Waals surface area contributed by atoms with Crippen LogP contribution < -0.4 is 16.6 Å². The summed E-state index contributed by atoms with van der Waals surface area (Å²) < 4.78 is 0. The van der Waals surface area contributed by atoms with Crippen molar-refractivity contribution in [2.75, 3.05) is 5.43 Å². The van der Waals surface area contributed by atoms with Crippen LogP contribution in [0.4, 0.5) is 5.69 Å². The van der Waals surface area contributed by atoms with Crippen LogP contribution in [0, 0.1) is 6.92 Å². The average Bonchev–Trinajstić information content (AvgIpc) is 2.85. The number of nitrogens with zero attached hydrogens (tertiary/aromatic N) is 1. The lowest BCUT2D eigenvalue weighted by Gasteiger charge is -2.11. The number of hydrogen-bond acceptors (Lipinski definition) is 5. The Labute approximate surface area is 115 Å². The Morgan fingerprint density at radius 2 is 2.05 bits per heavy atom. The van der Waals surface area contributed by atoms with E-state index in [1.165, 1.54) is 0 Å². The number of hydrogen-bond donors (Lipinski definition) is 3. The van der Waals surface area contributed by atoms with E-state index in [0.29, 0.717) is 5.56 Å². The molecular formula is C13H16N4OS. The first-order chi connectivity index (χ1) is 9.10. The van der Waals surface area contributed by atoms with Gasteiger partial charge in [-0.1, -0.05) is 0 Å². The number of hydrazine groups is 1. The Morgan fingerprint density at radius 3 is 2.58 bits per heavy atom. The van der Waals surface area contributed by atoms with Crippen molar-refractivity contribution >= 4 is 22.9 Å². The summed E-state index contributed by atoms with van der Waals surface area (Å²) in [4.78, 5) is 16.4. The van der Waals surface area contributed by atoms with E-state index in [9.17, 15) is 4.79 Å². The van der Waals surface area contributed by atoms with Gasteiger partial charge in [0.15, 0.2) is 0 Å². The third-order valence-electron chi connectivity index (χ3n) is 2.67. The molecule has 0 saturated carbocycles. The van der Waals surface area contributed by atoms with Crippen LogP contribution in [0.25, 0.3) is 0 Å². The van der Waals surface area contributed by atoms with Crippen LogP contribution in [0.1, 0.15) is 34.0 Å². The van der Waals surface area contributed by atoms with Gasteiger partial charge in [-0.05, 0) is 38.1 Å². The molecule has 2 aromatic rings. The summed E-state index contributed by atoms with van der Waals surface area (Å²) in [5.74, 6) is 5.16. The summed E-state index contributed by atoms with van der Waals surface area (Å²) in [6, 6.07) is 6.87. The van der Waals surface area contributed by atoms with Crippen LogP contribution in [0.15, 0.2) is 29.6 Å². The Bertz CT molecular complexity index is 564. The number of carbonyl (C=O) groups excluding carboxylic acids is 1. The fourth-order valence-corrected chi connectivity index (χ4v) is 2.43. The summed E-state index contributed by atoms with van der Waals surface area (Å²) in [6.07, 6.45) is 0. The number of nitrogens with one attached hydrogen (secondary N) is 2. The standard InChI is InChI=1S/C13H16N4OS/c1-8-7-19-13(15-8)9(2)16-12(18)10-3-5-11(17-14)6-4-10/h3-7,9,17H,14H2,1-2H3,(H,16,18). The van der Waals surface area contributed by atoms with Gasteiger partial charge in [0.1, 0.15) is 5.01 Å². The minimum Gasteiger partial charge on any atom is -0.343 e. The van der Waals surface area contributed by atoms with Crippen molar-refractivity contribution in [1.29, 1.82) is 0 Å². The molecule has 0 aliphatic carbocycles. The third-order valence-corrected chi connectivity index (χ3v) is 3.81. The number of aromatic nitrogens is 1. The molecule has 1 amide bonds.